The lowest BCUT2D eigenvalue weighted by Crippen LogP contribution is -2.25. The van der Waals surface area contributed by atoms with E-state index in [2.05, 4.69) is 15.3 Å². The number of aromatic nitrogens is 1. The molecule has 0 atom stereocenters. The monoisotopic (exact) mass is 642 g/mol. The predicted molar refractivity (Wildman–Crippen MR) is 155 cm³/mol. The molecule has 4 aromatic carbocycles. The molecule has 0 aliphatic heterocycles. The third kappa shape index (κ3) is 6.11. The average Bonchev–Trinajstić information content (AvgIpc) is 3.20. The van der Waals surface area contributed by atoms with Gasteiger partial charge in [0.05, 0.1) is 23.2 Å². The molecule has 0 fully saturated rings. The smallest absolute Gasteiger partial charge is 0.416 e. The minimum atomic E-state index is -4.57. The van der Waals surface area contributed by atoms with Crippen molar-refractivity contribution in [2.24, 2.45) is 10.7 Å². The van der Waals surface area contributed by atoms with E-state index in [0.717, 1.165) is 54.6 Å². The highest BCUT2D eigenvalue weighted by Crippen LogP contribution is 2.33. The Kier molecular flexibility index (Phi) is 8.02. The van der Waals surface area contributed by atoms with Crippen molar-refractivity contribution in [2.75, 3.05) is 0 Å². The number of aromatic amines is 1. The zero-order valence-corrected chi connectivity index (χ0v) is 23.1. The fourth-order valence-electron chi connectivity index (χ4n) is 4.94. The molecule has 1 amide bonds. The van der Waals surface area contributed by atoms with Gasteiger partial charge in [-0.15, -0.1) is 0 Å². The van der Waals surface area contributed by atoms with Crippen molar-refractivity contribution in [2.45, 2.75) is 25.4 Å². The van der Waals surface area contributed by atoms with Crippen molar-refractivity contribution in [1.29, 1.82) is 0 Å². The Morgan fingerprint density at radius 1 is 0.761 bits per heavy atom. The lowest BCUT2D eigenvalue weighted by Gasteiger charge is -2.16. The van der Waals surface area contributed by atoms with Gasteiger partial charge in [0, 0.05) is 39.2 Å². The van der Waals surface area contributed by atoms with Crippen LogP contribution in [0.25, 0.3) is 21.5 Å². The van der Waals surface area contributed by atoms with E-state index in [1.54, 1.807) is 0 Å². The molecule has 236 valence electrons. The van der Waals surface area contributed by atoms with Crippen LogP contribution in [0.2, 0.25) is 0 Å². The number of carbonyl (C=O) groups is 2. The summed E-state index contributed by atoms with van der Waals surface area (Å²) in [6.45, 7) is -0.570. The molecule has 0 radical (unpaired) electrons. The number of halogens is 6. The Balaban J connectivity index is 1.62. The van der Waals surface area contributed by atoms with Crippen molar-refractivity contribution in [3.8, 4) is 0 Å². The summed E-state index contributed by atoms with van der Waals surface area (Å²) in [5.74, 6) is -2.96. The summed E-state index contributed by atoms with van der Waals surface area (Å²) >= 11 is 0. The molecule has 9 nitrogen and oxygen atoms in total. The summed E-state index contributed by atoms with van der Waals surface area (Å²) in [5.41, 5.74) is 1.93. The standard InChI is InChI=1S/C31H20F6N4O5/c32-30(33,34)16-5-1-14(2-6-16)12-39-25(38)24-21(29(45)46)11-20(22-18-9-10-19(23(22)24)28(44)41-27(18)43)26(42)40-13-15-3-7-17(8-4-15)31(35,36)37/h1-11H,12-13H2,(H2,38,39)(H,40,42)(H,45,46)(H,41,43,44). The number of amides is 1. The van der Waals surface area contributed by atoms with Gasteiger partial charge in [-0.05, 0) is 53.6 Å². The van der Waals surface area contributed by atoms with E-state index in [-0.39, 0.29) is 56.9 Å². The van der Waals surface area contributed by atoms with Crippen molar-refractivity contribution in [1.82, 2.24) is 10.3 Å². The average molecular weight is 643 g/mol. The Morgan fingerprint density at radius 2 is 1.26 bits per heavy atom. The van der Waals surface area contributed by atoms with Crippen LogP contribution in [0.5, 0.6) is 0 Å². The van der Waals surface area contributed by atoms with Gasteiger partial charge in [0.15, 0.2) is 0 Å². The van der Waals surface area contributed by atoms with E-state index in [0.29, 0.717) is 0 Å². The van der Waals surface area contributed by atoms with Crippen LogP contribution in [0.4, 0.5) is 26.3 Å². The first kappa shape index (κ1) is 31.7. The third-order valence-corrected chi connectivity index (χ3v) is 7.18. The molecule has 0 spiro atoms. The van der Waals surface area contributed by atoms with Gasteiger partial charge in [-0.2, -0.15) is 26.3 Å². The number of benzene rings is 4. The second-order valence-corrected chi connectivity index (χ2v) is 10.1. The van der Waals surface area contributed by atoms with Crippen LogP contribution < -0.4 is 22.2 Å². The molecule has 2 bridgehead atoms. The SMILES string of the molecule is NC(=NCc1ccc(C(F)(F)F)cc1)c1c(C(=O)O)cc(C(=O)NCc2ccc(C(F)(F)F)cc2)c2c3ccc(c(=O)[nH]c3=O)c12. The number of carboxylic acid groups (broad SMARTS) is 1. The maximum absolute atomic E-state index is 13.5. The Bertz CT molecular complexity index is 2140. The highest BCUT2D eigenvalue weighted by Gasteiger charge is 2.31. The van der Waals surface area contributed by atoms with E-state index in [9.17, 15) is 50.6 Å². The molecule has 15 heteroatoms. The Morgan fingerprint density at radius 3 is 1.76 bits per heavy atom. The summed E-state index contributed by atoms with van der Waals surface area (Å²) in [6, 6.07) is 11.3. The van der Waals surface area contributed by atoms with Gasteiger partial charge in [0.25, 0.3) is 17.0 Å². The first-order chi connectivity index (χ1) is 21.6. The van der Waals surface area contributed by atoms with Gasteiger partial charge < -0.3 is 16.2 Å². The number of nitrogens with zero attached hydrogens (tertiary/aromatic N) is 1. The first-order valence-corrected chi connectivity index (χ1v) is 13.2. The van der Waals surface area contributed by atoms with Crippen molar-refractivity contribution >= 4 is 39.3 Å². The van der Waals surface area contributed by atoms with Gasteiger partial charge in [-0.25, -0.2) is 4.79 Å². The normalized spacial score (nSPS) is 12.5. The molecule has 46 heavy (non-hydrogen) atoms. The molecule has 0 saturated carbocycles. The minimum Gasteiger partial charge on any atom is -0.478 e. The summed E-state index contributed by atoms with van der Waals surface area (Å²) < 4.78 is 77.6. The molecule has 2 heterocycles. The quantitative estimate of drug-likeness (QED) is 0.111. The summed E-state index contributed by atoms with van der Waals surface area (Å²) in [6.07, 6.45) is -9.14. The zero-order valence-electron chi connectivity index (χ0n) is 23.1. The number of nitrogens with two attached hydrogens (primary N) is 1. The highest BCUT2D eigenvalue weighted by atomic mass is 19.4. The number of alkyl halides is 6. The number of hydrogen-bond donors (Lipinski definition) is 4. The molecule has 0 saturated heterocycles. The predicted octanol–water partition coefficient (Wildman–Crippen LogP) is 5.05. The molecule has 6 rings (SSSR count). The molecule has 6 aromatic rings. The lowest BCUT2D eigenvalue weighted by atomic mass is 9.90. The van der Waals surface area contributed by atoms with Gasteiger partial charge in [-0.1, -0.05) is 24.3 Å². The second-order valence-electron chi connectivity index (χ2n) is 10.1. The van der Waals surface area contributed by atoms with Crippen LogP contribution in [0.1, 0.15) is 48.5 Å². The number of carboxylic acids is 1. The van der Waals surface area contributed by atoms with Crippen molar-refractivity contribution in [3.63, 3.8) is 0 Å². The number of hydrogen-bond acceptors (Lipinski definition) is 5. The number of aliphatic imine (C=N–C) groups is 1. The maximum Gasteiger partial charge on any atom is 0.416 e. The van der Waals surface area contributed by atoms with E-state index < -0.39 is 57.9 Å². The van der Waals surface area contributed by atoms with E-state index in [1.807, 2.05) is 0 Å². The van der Waals surface area contributed by atoms with Crippen LogP contribution in [0, 0.1) is 0 Å². The summed E-state index contributed by atoms with van der Waals surface area (Å²) in [7, 11) is 0. The maximum atomic E-state index is 13.5. The van der Waals surface area contributed by atoms with E-state index in [1.165, 1.54) is 12.1 Å². The van der Waals surface area contributed by atoms with E-state index >= 15 is 0 Å². The molecule has 5 N–H and O–H groups in total. The minimum absolute atomic E-state index is 0.140. The van der Waals surface area contributed by atoms with Crippen LogP contribution >= 0.6 is 0 Å². The molecule has 0 aliphatic carbocycles. The van der Waals surface area contributed by atoms with Gasteiger partial charge in [0.2, 0.25) is 0 Å². The fourth-order valence-corrected chi connectivity index (χ4v) is 4.94. The number of rotatable bonds is 7. The molecular weight excluding hydrogens is 622 g/mol. The van der Waals surface area contributed by atoms with Crippen molar-refractivity contribution in [3.05, 3.63) is 126 Å². The number of fused-ring (bicyclic) bond motifs is 3. The summed E-state index contributed by atoms with van der Waals surface area (Å²) in [5, 5.41) is 11.9. The van der Waals surface area contributed by atoms with Gasteiger partial charge in [0.1, 0.15) is 5.84 Å². The van der Waals surface area contributed by atoms with Gasteiger partial charge >= 0.3 is 18.3 Å². The molecule has 0 unspecified atom stereocenters. The van der Waals surface area contributed by atoms with Crippen LogP contribution in [0.3, 0.4) is 0 Å². The van der Waals surface area contributed by atoms with Gasteiger partial charge in [-0.3, -0.25) is 24.4 Å². The fraction of sp³-hybridized carbons (Fsp3) is 0.129. The highest BCUT2D eigenvalue weighted by molar-refractivity contribution is 6.27. The Hall–Kier alpha value is -5.73. The number of amidine groups is 1. The second kappa shape index (κ2) is 11.6. The van der Waals surface area contributed by atoms with E-state index in [4.69, 9.17) is 5.73 Å². The number of aromatic carboxylic acids is 1. The number of H-pyrrole nitrogens is 1. The molecule has 0 aliphatic rings. The van der Waals surface area contributed by atoms with Crippen LogP contribution in [-0.4, -0.2) is 27.8 Å². The zero-order chi connectivity index (χ0) is 33.6. The van der Waals surface area contributed by atoms with Crippen molar-refractivity contribution < 1.29 is 41.0 Å². The first-order valence-electron chi connectivity index (χ1n) is 13.2. The lowest BCUT2D eigenvalue weighted by molar-refractivity contribution is -0.138. The van der Waals surface area contributed by atoms with Crippen LogP contribution in [0.15, 0.2) is 81.3 Å². The number of nitrogens with one attached hydrogen (secondary N) is 2. The summed E-state index contributed by atoms with van der Waals surface area (Å²) in [4.78, 5) is 58.1. The molecular formula is C31H20F6N4O5. The topological polar surface area (TPSA) is 155 Å². The van der Waals surface area contributed by atoms with Crippen LogP contribution in [-0.2, 0) is 25.4 Å². The third-order valence-electron chi connectivity index (χ3n) is 7.18. The molecule has 2 aromatic heterocycles. The largest absolute Gasteiger partial charge is 0.478 e. The number of carbonyl (C=O) groups excluding carboxylic acids is 1. The Labute approximate surface area is 253 Å².